The predicted octanol–water partition coefficient (Wildman–Crippen LogP) is 4.48. The maximum absolute atomic E-state index is 9.94. The first-order valence-electron chi connectivity index (χ1n) is 10.2. The molecule has 31 heavy (non-hydrogen) atoms. The standard InChI is InChI=1S/C24H24N4O3/c1-3-4-13-30-19-8-6-5-7-17(19)20-18(14-25)23(26)31-24-21(20)22(27-28-24)15-9-11-16(29-2)12-10-15/h5-12,20H,3-4,13,26H2,1-2H3,(H,27,28)/t20-/m1/s1. The second kappa shape index (κ2) is 8.84. The lowest BCUT2D eigenvalue weighted by Gasteiger charge is -2.25. The summed E-state index contributed by atoms with van der Waals surface area (Å²) in [7, 11) is 1.62. The summed E-state index contributed by atoms with van der Waals surface area (Å²) in [5, 5.41) is 17.3. The van der Waals surface area contributed by atoms with Crippen molar-refractivity contribution in [1.82, 2.24) is 10.2 Å². The lowest BCUT2D eigenvalue weighted by Crippen LogP contribution is -2.21. The van der Waals surface area contributed by atoms with Crippen LogP contribution in [0.4, 0.5) is 0 Å². The molecule has 1 atom stereocenters. The van der Waals surface area contributed by atoms with Crippen molar-refractivity contribution in [3.63, 3.8) is 0 Å². The first-order valence-corrected chi connectivity index (χ1v) is 10.2. The molecule has 1 aliphatic heterocycles. The fourth-order valence-electron chi connectivity index (χ4n) is 3.71. The summed E-state index contributed by atoms with van der Waals surface area (Å²) in [6.07, 6.45) is 1.97. The molecule has 0 amide bonds. The number of fused-ring (bicyclic) bond motifs is 1. The van der Waals surface area contributed by atoms with Crippen molar-refractivity contribution < 1.29 is 14.2 Å². The Kier molecular flexibility index (Phi) is 5.80. The molecule has 158 valence electrons. The molecule has 0 radical (unpaired) electrons. The summed E-state index contributed by atoms with van der Waals surface area (Å²) in [4.78, 5) is 0. The summed E-state index contributed by atoms with van der Waals surface area (Å²) in [5.41, 5.74) is 9.69. The van der Waals surface area contributed by atoms with Crippen LogP contribution in [0.2, 0.25) is 0 Å². The van der Waals surface area contributed by atoms with Crippen LogP contribution in [0.15, 0.2) is 60.0 Å². The second-order valence-corrected chi connectivity index (χ2v) is 7.21. The van der Waals surface area contributed by atoms with Crippen LogP contribution < -0.4 is 19.9 Å². The van der Waals surface area contributed by atoms with Crippen LogP contribution in [0.1, 0.15) is 36.8 Å². The average Bonchev–Trinajstić information content (AvgIpc) is 3.22. The number of methoxy groups -OCH3 is 1. The molecule has 7 nitrogen and oxygen atoms in total. The molecule has 0 aliphatic carbocycles. The Hall–Kier alpha value is -3.92. The van der Waals surface area contributed by atoms with E-state index >= 15 is 0 Å². The fourth-order valence-corrected chi connectivity index (χ4v) is 3.71. The van der Waals surface area contributed by atoms with Crippen LogP contribution in [0.5, 0.6) is 17.4 Å². The third kappa shape index (κ3) is 3.80. The van der Waals surface area contributed by atoms with Gasteiger partial charge < -0.3 is 19.9 Å². The Labute approximate surface area is 181 Å². The van der Waals surface area contributed by atoms with E-state index in [0.29, 0.717) is 18.1 Å². The number of H-pyrrole nitrogens is 1. The van der Waals surface area contributed by atoms with Crippen LogP contribution in [0.25, 0.3) is 11.3 Å². The van der Waals surface area contributed by atoms with Crippen LogP contribution in [0, 0.1) is 11.3 Å². The summed E-state index contributed by atoms with van der Waals surface area (Å²) >= 11 is 0. The summed E-state index contributed by atoms with van der Waals surface area (Å²) < 4.78 is 17.0. The van der Waals surface area contributed by atoms with Crippen molar-refractivity contribution >= 4 is 0 Å². The predicted molar refractivity (Wildman–Crippen MR) is 117 cm³/mol. The number of aromatic amines is 1. The van der Waals surface area contributed by atoms with Gasteiger partial charge >= 0.3 is 0 Å². The molecule has 3 N–H and O–H groups in total. The summed E-state index contributed by atoms with van der Waals surface area (Å²) in [5.74, 6) is 1.41. The number of nitrogens with zero attached hydrogens (tertiary/aromatic N) is 2. The van der Waals surface area contributed by atoms with Gasteiger partial charge in [-0.2, -0.15) is 5.26 Å². The van der Waals surface area contributed by atoms with E-state index in [0.717, 1.165) is 46.7 Å². The quantitative estimate of drug-likeness (QED) is 0.550. The van der Waals surface area contributed by atoms with E-state index in [1.54, 1.807) is 7.11 Å². The van der Waals surface area contributed by atoms with Gasteiger partial charge in [-0.1, -0.05) is 31.5 Å². The zero-order valence-corrected chi connectivity index (χ0v) is 17.5. The molecule has 0 saturated heterocycles. The number of aromatic nitrogens is 2. The van der Waals surface area contributed by atoms with Gasteiger partial charge in [-0.05, 0) is 36.8 Å². The number of unbranched alkanes of at least 4 members (excludes halogenated alkanes) is 1. The molecule has 0 bridgehead atoms. The smallest absolute Gasteiger partial charge is 0.244 e. The van der Waals surface area contributed by atoms with Crippen molar-refractivity contribution in [2.75, 3.05) is 13.7 Å². The van der Waals surface area contributed by atoms with Gasteiger partial charge in [-0.25, -0.2) is 0 Å². The van der Waals surface area contributed by atoms with E-state index in [2.05, 4.69) is 23.2 Å². The highest BCUT2D eigenvalue weighted by Gasteiger charge is 2.37. The number of nitrogens with one attached hydrogen (secondary N) is 1. The Balaban J connectivity index is 1.86. The van der Waals surface area contributed by atoms with Crippen LogP contribution in [-0.2, 0) is 0 Å². The number of allylic oxidation sites excluding steroid dienone is 1. The number of rotatable bonds is 7. The summed E-state index contributed by atoms with van der Waals surface area (Å²) in [6, 6.07) is 17.6. The minimum atomic E-state index is -0.470. The zero-order chi connectivity index (χ0) is 21.8. The molecule has 3 aromatic rings. The van der Waals surface area contributed by atoms with E-state index in [-0.39, 0.29) is 5.88 Å². The van der Waals surface area contributed by atoms with Gasteiger partial charge in [0, 0.05) is 11.1 Å². The van der Waals surface area contributed by atoms with Gasteiger partial charge in [-0.3, -0.25) is 5.10 Å². The molecule has 4 rings (SSSR count). The van der Waals surface area contributed by atoms with Crippen LogP contribution in [0.3, 0.4) is 0 Å². The largest absolute Gasteiger partial charge is 0.497 e. The van der Waals surface area contributed by atoms with E-state index in [9.17, 15) is 5.26 Å². The Bertz CT molecular complexity index is 1140. The van der Waals surface area contributed by atoms with Gasteiger partial charge in [0.1, 0.15) is 23.1 Å². The first kappa shape index (κ1) is 20.4. The Morgan fingerprint density at radius 1 is 1.19 bits per heavy atom. The summed E-state index contributed by atoms with van der Waals surface area (Å²) in [6.45, 7) is 2.71. The van der Waals surface area contributed by atoms with Gasteiger partial charge in [0.15, 0.2) is 0 Å². The average molecular weight is 416 g/mol. The van der Waals surface area contributed by atoms with E-state index in [1.165, 1.54) is 0 Å². The number of ether oxygens (including phenoxy) is 3. The van der Waals surface area contributed by atoms with Crippen molar-refractivity contribution in [2.45, 2.75) is 25.7 Å². The minimum Gasteiger partial charge on any atom is -0.497 e. The van der Waals surface area contributed by atoms with Crippen molar-refractivity contribution in [2.24, 2.45) is 5.73 Å². The van der Waals surface area contributed by atoms with Gasteiger partial charge in [0.25, 0.3) is 0 Å². The van der Waals surface area contributed by atoms with Gasteiger partial charge in [-0.15, -0.1) is 5.10 Å². The number of hydrogen-bond donors (Lipinski definition) is 2. The highest BCUT2D eigenvalue weighted by atomic mass is 16.5. The molecular formula is C24H24N4O3. The number of nitriles is 1. The SMILES string of the molecule is CCCCOc1ccccc1[C@@H]1C(C#N)=C(N)Oc2n[nH]c(-c3ccc(OC)cc3)c21. The molecule has 0 fully saturated rings. The van der Waals surface area contributed by atoms with Crippen LogP contribution >= 0.6 is 0 Å². The van der Waals surface area contributed by atoms with E-state index in [4.69, 9.17) is 19.9 Å². The molecule has 1 aromatic heterocycles. The molecule has 0 saturated carbocycles. The molecule has 0 unspecified atom stereocenters. The van der Waals surface area contributed by atoms with Crippen molar-refractivity contribution in [1.29, 1.82) is 5.26 Å². The molecular weight excluding hydrogens is 392 g/mol. The highest BCUT2D eigenvalue weighted by molar-refractivity contribution is 5.72. The van der Waals surface area contributed by atoms with Crippen molar-refractivity contribution in [3.05, 3.63) is 71.1 Å². The lowest BCUT2D eigenvalue weighted by molar-refractivity contribution is 0.305. The lowest BCUT2D eigenvalue weighted by atomic mass is 9.82. The van der Waals surface area contributed by atoms with E-state index < -0.39 is 5.92 Å². The second-order valence-electron chi connectivity index (χ2n) is 7.21. The fraction of sp³-hybridized carbons (Fsp3) is 0.250. The minimum absolute atomic E-state index is 0.0520. The maximum Gasteiger partial charge on any atom is 0.244 e. The zero-order valence-electron chi connectivity index (χ0n) is 17.5. The molecule has 7 heteroatoms. The normalized spacial score (nSPS) is 15.1. The molecule has 2 aromatic carbocycles. The number of nitrogens with two attached hydrogens (primary N) is 1. The maximum atomic E-state index is 9.94. The highest BCUT2D eigenvalue weighted by Crippen LogP contribution is 2.47. The van der Waals surface area contributed by atoms with Crippen molar-refractivity contribution in [3.8, 4) is 34.7 Å². The number of para-hydroxylation sites is 1. The Morgan fingerprint density at radius 3 is 2.68 bits per heavy atom. The number of benzene rings is 2. The molecule has 1 aliphatic rings. The molecule has 2 heterocycles. The molecule has 0 spiro atoms. The van der Waals surface area contributed by atoms with Gasteiger partial charge in [0.05, 0.1) is 30.9 Å². The first-order chi connectivity index (χ1) is 15.2. The Morgan fingerprint density at radius 2 is 1.97 bits per heavy atom. The third-order valence-corrected chi connectivity index (χ3v) is 5.30. The monoisotopic (exact) mass is 416 g/mol. The van der Waals surface area contributed by atoms with Gasteiger partial charge in [0.2, 0.25) is 11.8 Å². The third-order valence-electron chi connectivity index (χ3n) is 5.30. The topological polar surface area (TPSA) is 106 Å². The number of hydrogen-bond acceptors (Lipinski definition) is 6. The van der Waals surface area contributed by atoms with Crippen LogP contribution in [-0.4, -0.2) is 23.9 Å². The van der Waals surface area contributed by atoms with E-state index in [1.807, 2.05) is 48.5 Å².